The van der Waals surface area contributed by atoms with Gasteiger partial charge >= 0.3 is 0 Å². The molecule has 2 aromatic rings. The Labute approximate surface area is 181 Å². The molecule has 5 rings (SSSR count). The Morgan fingerprint density at radius 3 is 2.65 bits per heavy atom. The van der Waals surface area contributed by atoms with Gasteiger partial charge in [-0.15, -0.1) is 0 Å². The molecule has 8 nitrogen and oxygen atoms in total. The highest BCUT2D eigenvalue weighted by Crippen LogP contribution is 2.49. The van der Waals surface area contributed by atoms with E-state index in [1.807, 2.05) is 53.9 Å². The van der Waals surface area contributed by atoms with Crippen LogP contribution in [-0.4, -0.2) is 74.7 Å². The van der Waals surface area contributed by atoms with Gasteiger partial charge in [-0.3, -0.25) is 19.2 Å². The third-order valence-corrected chi connectivity index (χ3v) is 7.57. The van der Waals surface area contributed by atoms with Crippen LogP contribution in [0.25, 0.3) is 5.69 Å². The van der Waals surface area contributed by atoms with Crippen molar-refractivity contribution in [2.24, 2.45) is 18.9 Å². The third kappa shape index (κ3) is 3.08. The second-order valence-corrected chi connectivity index (χ2v) is 9.28. The number of nitrogens with zero attached hydrogens (tertiary/aromatic N) is 4. The molecule has 4 heterocycles. The number of fused-ring (bicyclic) bond motifs is 1. The Morgan fingerprint density at radius 1 is 1.23 bits per heavy atom. The number of morpholine rings is 1. The number of aromatic nitrogens is 2. The highest BCUT2D eigenvalue weighted by Gasteiger charge is 2.62. The summed E-state index contributed by atoms with van der Waals surface area (Å²) in [5, 5.41) is 10.1. The van der Waals surface area contributed by atoms with E-state index in [1.165, 1.54) is 0 Å². The number of amides is 1. The van der Waals surface area contributed by atoms with Gasteiger partial charge in [0.15, 0.2) is 0 Å². The van der Waals surface area contributed by atoms with Gasteiger partial charge < -0.3 is 14.7 Å². The number of benzene rings is 1. The molecule has 0 unspecified atom stereocenters. The minimum Gasteiger partial charge on any atom is -0.396 e. The smallest absolute Gasteiger partial charge is 0.276 e. The van der Waals surface area contributed by atoms with Crippen molar-refractivity contribution in [1.29, 1.82) is 0 Å². The van der Waals surface area contributed by atoms with Crippen molar-refractivity contribution in [2.45, 2.75) is 32.1 Å². The number of carbonyl (C=O) groups is 1. The van der Waals surface area contributed by atoms with Gasteiger partial charge in [-0.25, -0.2) is 4.68 Å². The fraction of sp³-hybridized carbons (Fsp3) is 0.565. The van der Waals surface area contributed by atoms with Crippen molar-refractivity contribution in [3.05, 3.63) is 51.9 Å². The highest BCUT2D eigenvalue weighted by atomic mass is 16.5. The number of ether oxygens (including phenoxy) is 1. The summed E-state index contributed by atoms with van der Waals surface area (Å²) in [6.45, 7) is 6.69. The highest BCUT2D eigenvalue weighted by molar-refractivity contribution is 5.73. The molecule has 166 valence electrons. The first-order valence-corrected chi connectivity index (χ1v) is 10.9. The molecule has 1 aromatic heterocycles. The summed E-state index contributed by atoms with van der Waals surface area (Å²) in [7, 11) is 1.91. The van der Waals surface area contributed by atoms with Crippen molar-refractivity contribution >= 4 is 5.91 Å². The van der Waals surface area contributed by atoms with Gasteiger partial charge in [0.1, 0.15) is 5.60 Å². The van der Waals surface area contributed by atoms with Gasteiger partial charge in [-0.05, 0) is 19.1 Å². The van der Waals surface area contributed by atoms with Crippen LogP contribution in [0, 0.1) is 18.8 Å². The molecule has 1 spiro atoms. The number of para-hydroxylation sites is 1. The molecule has 1 N–H and O–H groups in total. The first kappa shape index (κ1) is 20.5. The topological polar surface area (TPSA) is 79.9 Å². The minimum absolute atomic E-state index is 0.00502. The average Bonchev–Trinajstić information content (AvgIpc) is 3.27. The quantitative estimate of drug-likeness (QED) is 0.771. The number of hydrogen-bond donors (Lipinski definition) is 1. The Kier molecular flexibility index (Phi) is 4.84. The molecule has 3 saturated heterocycles. The Hall–Kier alpha value is -2.42. The lowest BCUT2D eigenvalue weighted by molar-refractivity contribution is -0.137. The third-order valence-electron chi connectivity index (χ3n) is 7.57. The Balaban J connectivity index is 1.45. The van der Waals surface area contributed by atoms with E-state index in [0.717, 1.165) is 16.9 Å². The summed E-state index contributed by atoms with van der Waals surface area (Å²) in [4.78, 5) is 29.5. The molecule has 31 heavy (non-hydrogen) atoms. The van der Waals surface area contributed by atoms with E-state index in [2.05, 4.69) is 4.90 Å². The van der Waals surface area contributed by atoms with E-state index in [-0.39, 0.29) is 36.0 Å². The minimum atomic E-state index is -0.455. The Bertz CT molecular complexity index is 1060. The van der Waals surface area contributed by atoms with E-state index in [1.54, 1.807) is 11.6 Å². The molecule has 3 aliphatic heterocycles. The Morgan fingerprint density at radius 2 is 1.97 bits per heavy atom. The monoisotopic (exact) mass is 426 g/mol. The lowest BCUT2D eigenvalue weighted by Gasteiger charge is -2.40. The summed E-state index contributed by atoms with van der Waals surface area (Å²) in [5.41, 5.74) is 2.11. The normalized spacial score (nSPS) is 30.1. The lowest BCUT2D eigenvalue weighted by Crippen LogP contribution is -2.54. The molecule has 2 bridgehead atoms. The maximum Gasteiger partial charge on any atom is 0.276 e. The molecule has 1 amide bonds. The van der Waals surface area contributed by atoms with Crippen LogP contribution in [0.1, 0.15) is 18.2 Å². The van der Waals surface area contributed by atoms with Crippen LogP contribution in [0.5, 0.6) is 0 Å². The number of carbonyl (C=O) groups excluding carboxylic acids is 1. The molecular formula is C23H30N4O4. The fourth-order valence-corrected chi connectivity index (χ4v) is 5.92. The maximum absolute atomic E-state index is 13.3. The van der Waals surface area contributed by atoms with E-state index in [4.69, 9.17) is 4.74 Å². The van der Waals surface area contributed by atoms with E-state index in [9.17, 15) is 14.7 Å². The van der Waals surface area contributed by atoms with Crippen LogP contribution in [0.3, 0.4) is 0 Å². The molecule has 8 heteroatoms. The van der Waals surface area contributed by atoms with Gasteiger partial charge in [0.05, 0.1) is 23.9 Å². The lowest BCUT2D eigenvalue weighted by atomic mass is 9.83. The summed E-state index contributed by atoms with van der Waals surface area (Å²) in [6, 6.07) is 9.67. The summed E-state index contributed by atoms with van der Waals surface area (Å²) in [6.07, 6.45) is -0.0711. The summed E-state index contributed by atoms with van der Waals surface area (Å²) >= 11 is 0. The maximum atomic E-state index is 13.3. The van der Waals surface area contributed by atoms with Crippen molar-refractivity contribution in [2.75, 3.05) is 32.8 Å². The first-order chi connectivity index (χ1) is 14.8. The second-order valence-electron chi connectivity index (χ2n) is 9.28. The SMILES string of the molecule is CC(=O)N1C[C@@H]2[C@H](CO)[C@H]3CN(Cc4c(C)n(C)n(-c5ccccc5)c4=O)C[C@]2(C1)O3. The average molecular weight is 427 g/mol. The largest absolute Gasteiger partial charge is 0.396 e. The van der Waals surface area contributed by atoms with Gasteiger partial charge in [0.25, 0.3) is 5.56 Å². The molecule has 0 radical (unpaired) electrons. The summed E-state index contributed by atoms with van der Waals surface area (Å²) < 4.78 is 10.1. The van der Waals surface area contributed by atoms with Crippen LogP contribution in [-0.2, 0) is 23.1 Å². The number of aliphatic hydroxyl groups excluding tert-OH is 1. The van der Waals surface area contributed by atoms with Crippen LogP contribution in [0.15, 0.2) is 35.1 Å². The fourth-order valence-electron chi connectivity index (χ4n) is 5.92. The molecule has 0 aliphatic carbocycles. The van der Waals surface area contributed by atoms with E-state index >= 15 is 0 Å². The molecular weight excluding hydrogens is 396 g/mol. The zero-order chi connectivity index (χ0) is 21.9. The van der Waals surface area contributed by atoms with Crippen molar-refractivity contribution < 1.29 is 14.6 Å². The standard InChI is InChI=1S/C23H30N4O4/c1-15-18(22(30)27(24(15)3)17-7-5-4-6-8-17)9-25-11-21-19(12-28)20-10-26(16(2)29)14-23(20,13-25)31-21/h4-8,19-21,28H,9-14H2,1-3H3/t19-,20+,21+,23+/m0/s1. The van der Waals surface area contributed by atoms with E-state index < -0.39 is 5.60 Å². The first-order valence-electron chi connectivity index (χ1n) is 10.9. The number of likely N-dealkylation sites (tertiary alicyclic amines) is 2. The van der Waals surface area contributed by atoms with Crippen molar-refractivity contribution in [1.82, 2.24) is 19.2 Å². The van der Waals surface area contributed by atoms with Crippen molar-refractivity contribution in [3.8, 4) is 5.69 Å². The second kappa shape index (κ2) is 7.32. The predicted octanol–water partition coefficient (Wildman–Crippen LogP) is 0.524. The van der Waals surface area contributed by atoms with Gasteiger partial charge in [0.2, 0.25) is 5.91 Å². The molecule has 0 saturated carbocycles. The molecule has 3 fully saturated rings. The number of hydrogen-bond acceptors (Lipinski definition) is 5. The molecule has 4 atom stereocenters. The number of rotatable bonds is 4. The zero-order valence-corrected chi connectivity index (χ0v) is 18.3. The molecule has 3 aliphatic rings. The van der Waals surface area contributed by atoms with Crippen LogP contribution in [0.4, 0.5) is 0 Å². The van der Waals surface area contributed by atoms with Gasteiger partial charge in [0, 0.05) is 64.3 Å². The van der Waals surface area contributed by atoms with Crippen LogP contribution in [0.2, 0.25) is 0 Å². The zero-order valence-electron chi connectivity index (χ0n) is 18.3. The molecule has 1 aromatic carbocycles. The predicted molar refractivity (Wildman–Crippen MR) is 115 cm³/mol. The number of aliphatic hydroxyl groups is 1. The van der Waals surface area contributed by atoms with Crippen LogP contribution < -0.4 is 5.56 Å². The van der Waals surface area contributed by atoms with Crippen molar-refractivity contribution in [3.63, 3.8) is 0 Å². The van der Waals surface area contributed by atoms with Gasteiger partial charge in [-0.1, -0.05) is 18.2 Å². The summed E-state index contributed by atoms with van der Waals surface area (Å²) in [5.74, 6) is 0.198. The van der Waals surface area contributed by atoms with E-state index in [0.29, 0.717) is 32.7 Å². The van der Waals surface area contributed by atoms with Gasteiger partial charge in [-0.2, -0.15) is 0 Å². The van der Waals surface area contributed by atoms with Crippen LogP contribution >= 0.6 is 0 Å².